The Balaban J connectivity index is 1.90. The van der Waals surface area contributed by atoms with Gasteiger partial charge in [0.25, 0.3) is 0 Å². The number of H-pyrrole nitrogens is 1. The van der Waals surface area contributed by atoms with Crippen molar-refractivity contribution < 1.29 is 0 Å². The molecule has 2 aromatic heterocycles. The maximum Gasteiger partial charge on any atom is 0.169 e. The van der Waals surface area contributed by atoms with Crippen LogP contribution in [0.5, 0.6) is 0 Å². The van der Waals surface area contributed by atoms with Crippen LogP contribution in [0.1, 0.15) is 30.0 Å². The lowest BCUT2D eigenvalue weighted by Gasteiger charge is -2.15. The van der Waals surface area contributed by atoms with E-state index in [0.29, 0.717) is 0 Å². The second-order valence-corrected chi connectivity index (χ2v) is 5.61. The molecular formula is C14H16N6S. The Morgan fingerprint density at radius 3 is 2.81 bits per heavy atom. The van der Waals surface area contributed by atoms with Crippen molar-refractivity contribution in [1.29, 1.82) is 0 Å². The van der Waals surface area contributed by atoms with Gasteiger partial charge in [0.05, 0.1) is 12.2 Å². The van der Waals surface area contributed by atoms with Crippen LogP contribution >= 0.6 is 11.3 Å². The van der Waals surface area contributed by atoms with Gasteiger partial charge in [0.2, 0.25) is 0 Å². The van der Waals surface area contributed by atoms with E-state index in [9.17, 15) is 0 Å². The zero-order valence-corrected chi connectivity index (χ0v) is 12.5. The molecule has 2 N–H and O–H groups in total. The third-order valence-electron chi connectivity index (χ3n) is 3.05. The molecule has 0 saturated carbocycles. The summed E-state index contributed by atoms with van der Waals surface area (Å²) in [4.78, 5) is 0. The lowest BCUT2D eigenvalue weighted by Crippen LogP contribution is -2.23. The van der Waals surface area contributed by atoms with Gasteiger partial charge in [0.15, 0.2) is 5.01 Å². The van der Waals surface area contributed by atoms with Crippen molar-refractivity contribution in [2.24, 2.45) is 0 Å². The smallest absolute Gasteiger partial charge is 0.169 e. The molecule has 0 aliphatic rings. The highest BCUT2D eigenvalue weighted by molar-refractivity contribution is 7.14. The summed E-state index contributed by atoms with van der Waals surface area (Å²) in [6.07, 6.45) is 2.72. The predicted octanol–water partition coefficient (Wildman–Crippen LogP) is 2.41. The highest BCUT2D eigenvalue weighted by Crippen LogP contribution is 2.28. The van der Waals surface area contributed by atoms with Crippen LogP contribution in [0.2, 0.25) is 0 Å². The average molecular weight is 300 g/mol. The van der Waals surface area contributed by atoms with Gasteiger partial charge in [0.1, 0.15) is 10.7 Å². The lowest BCUT2D eigenvalue weighted by molar-refractivity contribution is 0.592. The predicted molar refractivity (Wildman–Crippen MR) is 81.9 cm³/mol. The third kappa shape index (κ3) is 3.14. The molecule has 0 spiro atoms. The number of nitrogens with zero attached hydrogens (tertiary/aromatic N) is 4. The highest BCUT2D eigenvalue weighted by Gasteiger charge is 2.19. The second-order valence-electron chi connectivity index (χ2n) is 4.60. The minimum atomic E-state index is 0.0595. The molecule has 0 saturated heterocycles. The molecule has 0 fully saturated rings. The van der Waals surface area contributed by atoms with E-state index in [0.717, 1.165) is 28.7 Å². The van der Waals surface area contributed by atoms with E-state index in [1.165, 1.54) is 16.9 Å². The number of hydrogen-bond donors (Lipinski definition) is 2. The minimum Gasteiger partial charge on any atom is -0.304 e. The van der Waals surface area contributed by atoms with Gasteiger partial charge in [0, 0.05) is 0 Å². The van der Waals surface area contributed by atoms with Crippen molar-refractivity contribution in [3.8, 4) is 10.7 Å². The number of aromatic nitrogens is 5. The van der Waals surface area contributed by atoms with Gasteiger partial charge >= 0.3 is 0 Å². The minimum absolute atomic E-state index is 0.0595. The van der Waals surface area contributed by atoms with Crippen molar-refractivity contribution >= 4 is 11.3 Å². The molecule has 21 heavy (non-hydrogen) atoms. The molecular weight excluding hydrogens is 284 g/mol. The zero-order chi connectivity index (χ0) is 14.5. The van der Waals surface area contributed by atoms with Crippen LogP contribution in [-0.2, 0) is 0 Å². The Morgan fingerprint density at radius 2 is 2.10 bits per heavy atom. The molecule has 7 heteroatoms. The Morgan fingerprint density at radius 1 is 1.24 bits per heavy atom. The van der Waals surface area contributed by atoms with E-state index in [1.807, 2.05) is 18.2 Å². The van der Waals surface area contributed by atoms with E-state index < -0.39 is 0 Å². The first-order valence-corrected chi connectivity index (χ1v) is 7.68. The summed E-state index contributed by atoms with van der Waals surface area (Å²) in [5.74, 6) is 0. The van der Waals surface area contributed by atoms with E-state index in [2.05, 4.69) is 50.0 Å². The summed E-state index contributed by atoms with van der Waals surface area (Å²) in [6, 6.07) is 10.4. The third-order valence-corrected chi connectivity index (χ3v) is 4.06. The fourth-order valence-electron chi connectivity index (χ4n) is 2.04. The first-order chi connectivity index (χ1) is 10.4. The molecule has 0 aliphatic carbocycles. The van der Waals surface area contributed by atoms with Crippen LogP contribution < -0.4 is 5.32 Å². The Labute approximate surface area is 126 Å². The number of nitrogens with one attached hydrogen (secondary N) is 2. The molecule has 1 aromatic carbocycles. The van der Waals surface area contributed by atoms with Gasteiger partial charge in [-0.3, -0.25) is 0 Å². The zero-order valence-electron chi connectivity index (χ0n) is 11.7. The van der Waals surface area contributed by atoms with E-state index >= 15 is 0 Å². The number of aromatic amines is 1. The molecule has 0 bridgehead atoms. The topological polar surface area (TPSA) is 79.4 Å². The average Bonchev–Trinajstić information content (AvgIpc) is 3.20. The molecule has 3 rings (SSSR count). The van der Waals surface area contributed by atoms with Gasteiger partial charge in [-0.1, -0.05) is 48.6 Å². The maximum absolute atomic E-state index is 4.33. The summed E-state index contributed by atoms with van der Waals surface area (Å²) in [6.45, 7) is 3.08. The molecule has 0 radical (unpaired) electrons. The van der Waals surface area contributed by atoms with Gasteiger partial charge in [-0.2, -0.15) is 15.4 Å². The first-order valence-electron chi connectivity index (χ1n) is 6.86. The maximum atomic E-state index is 4.33. The summed E-state index contributed by atoms with van der Waals surface area (Å²) < 4.78 is 0. The molecule has 0 amide bonds. The van der Waals surface area contributed by atoms with E-state index in [-0.39, 0.29) is 6.04 Å². The normalized spacial score (nSPS) is 12.4. The van der Waals surface area contributed by atoms with Gasteiger partial charge < -0.3 is 5.32 Å². The largest absolute Gasteiger partial charge is 0.304 e. The van der Waals surface area contributed by atoms with Crippen LogP contribution in [0.4, 0.5) is 0 Å². The summed E-state index contributed by atoms with van der Waals surface area (Å²) in [5, 5.41) is 24.2. The molecule has 6 nitrogen and oxygen atoms in total. The van der Waals surface area contributed by atoms with Crippen molar-refractivity contribution in [1.82, 2.24) is 30.9 Å². The number of benzene rings is 1. The van der Waals surface area contributed by atoms with Crippen molar-refractivity contribution in [2.45, 2.75) is 19.4 Å². The van der Waals surface area contributed by atoms with Crippen LogP contribution in [0.3, 0.4) is 0 Å². The standard InChI is InChI=1S/C14H16N6S/c1-2-8-15-12(10-6-4-3-5-7-10)14-19-18-13(21-14)11-9-16-20-17-11/h3-7,9,12,15H,2,8H2,1H3,(H,16,17,20). The molecule has 1 unspecified atom stereocenters. The monoisotopic (exact) mass is 300 g/mol. The number of rotatable bonds is 6. The summed E-state index contributed by atoms with van der Waals surface area (Å²) in [5.41, 5.74) is 1.91. The van der Waals surface area contributed by atoms with Crippen molar-refractivity contribution in [2.75, 3.05) is 6.54 Å². The van der Waals surface area contributed by atoms with Gasteiger partial charge in [-0.25, -0.2) is 0 Å². The van der Waals surface area contributed by atoms with E-state index in [1.54, 1.807) is 6.20 Å². The molecule has 0 aliphatic heterocycles. The molecule has 108 valence electrons. The lowest BCUT2D eigenvalue weighted by atomic mass is 10.1. The van der Waals surface area contributed by atoms with Crippen LogP contribution in [-0.4, -0.2) is 32.2 Å². The van der Waals surface area contributed by atoms with Gasteiger partial charge in [-0.15, -0.1) is 10.2 Å². The van der Waals surface area contributed by atoms with E-state index in [4.69, 9.17) is 0 Å². The molecule has 2 heterocycles. The summed E-state index contributed by atoms with van der Waals surface area (Å²) in [7, 11) is 0. The Kier molecular flexibility index (Phi) is 4.32. The molecule has 3 aromatic rings. The van der Waals surface area contributed by atoms with Crippen LogP contribution in [0.25, 0.3) is 10.7 Å². The second kappa shape index (κ2) is 6.55. The highest BCUT2D eigenvalue weighted by atomic mass is 32.1. The molecule has 1 atom stereocenters. The first kappa shape index (κ1) is 13.8. The Hall–Kier alpha value is -2.12. The quantitative estimate of drug-likeness (QED) is 0.731. The van der Waals surface area contributed by atoms with Crippen molar-refractivity contribution in [3.63, 3.8) is 0 Å². The SMILES string of the molecule is CCCNC(c1ccccc1)c1nnc(-c2cn[nH]n2)s1. The fraction of sp³-hybridized carbons (Fsp3) is 0.286. The summed E-state index contributed by atoms with van der Waals surface area (Å²) >= 11 is 1.54. The van der Waals surface area contributed by atoms with Gasteiger partial charge in [-0.05, 0) is 18.5 Å². The van der Waals surface area contributed by atoms with Crippen LogP contribution in [0, 0.1) is 0 Å². The van der Waals surface area contributed by atoms with Crippen molar-refractivity contribution in [3.05, 3.63) is 47.1 Å². The fourth-order valence-corrected chi connectivity index (χ4v) is 2.94. The number of hydrogen-bond acceptors (Lipinski definition) is 6. The van der Waals surface area contributed by atoms with Crippen LogP contribution in [0.15, 0.2) is 36.5 Å². The Bertz CT molecular complexity index is 664.